The molecule has 1 heteroatoms. The topological polar surface area (TPSA) is 0 Å². The van der Waals surface area contributed by atoms with Crippen molar-refractivity contribution in [1.82, 2.24) is 0 Å². The van der Waals surface area contributed by atoms with Gasteiger partial charge in [0.1, 0.15) is 0 Å². The fraction of sp³-hybridized carbons (Fsp3) is 0.692. The van der Waals surface area contributed by atoms with Crippen LogP contribution in [0.25, 0.3) is 0 Å². The maximum absolute atomic E-state index is 2.32. The summed E-state index contributed by atoms with van der Waals surface area (Å²) in [5.41, 5.74) is 0. The van der Waals surface area contributed by atoms with E-state index in [1.54, 1.807) is 0 Å². The van der Waals surface area contributed by atoms with E-state index in [4.69, 9.17) is 0 Å². The molecule has 0 saturated carbocycles. The number of hydrogen-bond acceptors (Lipinski definition) is 1. The first kappa shape index (κ1) is 13.7. The van der Waals surface area contributed by atoms with E-state index < -0.39 is 0 Å². The summed E-state index contributed by atoms with van der Waals surface area (Å²) >= 11 is 1.88. The predicted octanol–water partition coefficient (Wildman–Crippen LogP) is 5.00. The third-order valence-electron chi connectivity index (χ3n) is 2.51. The van der Waals surface area contributed by atoms with Crippen LogP contribution in [0.15, 0.2) is 17.5 Å². The summed E-state index contributed by atoms with van der Waals surface area (Å²) in [6, 6.07) is 4.39. The Hall–Kier alpha value is -0.300. The zero-order valence-electron chi connectivity index (χ0n) is 10.2. The van der Waals surface area contributed by atoms with Crippen LogP contribution in [0, 0.1) is 11.8 Å². The molecule has 0 bridgehead atoms. The van der Waals surface area contributed by atoms with Crippen LogP contribution < -0.4 is 0 Å². The third kappa shape index (κ3) is 4.80. The molecule has 1 rings (SSSR count). The Labute approximate surface area is 93.4 Å². The van der Waals surface area contributed by atoms with E-state index in [1.807, 2.05) is 25.2 Å². The molecule has 1 atom stereocenters. The standard InChI is InChI=1S/C11H18S.C2H6/c1-4-10(9(2)3)8-11-6-5-7-12-11;1-2/h5-7,9-10H,4,8H2,1-3H3;1-2H3. The predicted molar refractivity (Wildman–Crippen MR) is 68.0 cm³/mol. The number of rotatable bonds is 4. The van der Waals surface area contributed by atoms with Gasteiger partial charge in [-0.1, -0.05) is 47.1 Å². The van der Waals surface area contributed by atoms with E-state index in [0.717, 1.165) is 11.8 Å². The highest BCUT2D eigenvalue weighted by Crippen LogP contribution is 2.22. The molecule has 0 aliphatic heterocycles. The molecule has 82 valence electrons. The molecule has 0 nitrogen and oxygen atoms in total. The fourth-order valence-corrected chi connectivity index (χ4v) is 2.34. The maximum atomic E-state index is 2.32. The minimum atomic E-state index is 0.817. The molecule has 0 aliphatic rings. The maximum Gasteiger partial charge on any atom is 0.00480 e. The van der Waals surface area contributed by atoms with Gasteiger partial charge in [-0.2, -0.15) is 0 Å². The molecule has 0 radical (unpaired) electrons. The van der Waals surface area contributed by atoms with Crippen molar-refractivity contribution in [2.24, 2.45) is 11.8 Å². The lowest BCUT2D eigenvalue weighted by Gasteiger charge is -2.17. The first-order valence-electron chi connectivity index (χ1n) is 5.76. The highest BCUT2D eigenvalue weighted by molar-refractivity contribution is 7.09. The minimum Gasteiger partial charge on any atom is -0.149 e. The van der Waals surface area contributed by atoms with Crippen molar-refractivity contribution in [2.75, 3.05) is 0 Å². The first-order valence-corrected chi connectivity index (χ1v) is 6.64. The summed E-state index contributed by atoms with van der Waals surface area (Å²) in [5, 5.41) is 2.17. The lowest BCUT2D eigenvalue weighted by Crippen LogP contribution is -2.09. The van der Waals surface area contributed by atoms with Crippen LogP contribution in [0.4, 0.5) is 0 Å². The number of hydrogen-bond donors (Lipinski definition) is 0. The van der Waals surface area contributed by atoms with Crippen LogP contribution in [-0.2, 0) is 6.42 Å². The molecular weight excluding hydrogens is 188 g/mol. The molecule has 0 aliphatic carbocycles. The Bertz CT molecular complexity index is 199. The Balaban J connectivity index is 0.000000791. The van der Waals surface area contributed by atoms with Gasteiger partial charge in [0, 0.05) is 4.88 Å². The van der Waals surface area contributed by atoms with Crippen molar-refractivity contribution in [3.05, 3.63) is 22.4 Å². The van der Waals surface area contributed by atoms with E-state index in [9.17, 15) is 0 Å². The largest absolute Gasteiger partial charge is 0.149 e. The van der Waals surface area contributed by atoms with Gasteiger partial charge in [-0.05, 0) is 29.7 Å². The van der Waals surface area contributed by atoms with Crippen molar-refractivity contribution >= 4 is 11.3 Å². The minimum absolute atomic E-state index is 0.817. The van der Waals surface area contributed by atoms with Crippen LogP contribution in [-0.4, -0.2) is 0 Å². The van der Waals surface area contributed by atoms with Gasteiger partial charge in [-0.25, -0.2) is 0 Å². The molecule has 0 saturated heterocycles. The summed E-state index contributed by atoms with van der Waals surface area (Å²) in [6.07, 6.45) is 2.57. The molecule has 0 spiro atoms. The van der Waals surface area contributed by atoms with Crippen molar-refractivity contribution in [3.63, 3.8) is 0 Å². The smallest absolute Gasteiger partial charge is 0.00480 e. The lowest BCUT2D eigenvalue weighted by atomic mass is 9.90. The SMILES string of the molecule is CC.CCC(Cc1cccs1)C(C)C. The first-order chi connectivity index (χ1) is 6.74. The molecule has 0 aromatic carbocycles. The Morgan fingerprint density at radius 2 is 1.93 bits per heavy atom. The van der Waals surface area contributed by atoms with Crippen molar-refractivity contribution in [3.8, 4) is 0 Å². The monoisotopic (exact) mass is 212 g/mol. The second-order valence-corrected chi connectivity index (χ2v) is 4.73. The normalized spacial score (nSPS) is 12.1. The highest BCUT2D eigenvalue weighted by Gasteiger charge is 2.11. The average Bonchev–Trinajstić information content (AvgIpc) is 2.69. The van der Waals surface area contributed by atoms with Crippen LogP contribution in [0.5, 0.6) is 0 Å². The molecule has 0 fully saturated rings. The quantitative estimate of drug-likeness (QED) is 0.659. The van der Waals surface area contributed by atoms with Gasteiger partial charge in [-0.15, -0.1) is 11.3 Å². The van der Waals surface area contributed by atoms with Gasteiger partial charge >= 0.3 is 0 Å². The van der Waals surface area contributed by atoms with Gasteiger partial charge in [0.05, 0.1) is 0 Å². The molecular formula is C13H24S. The molecule has 14 heavy (non-hydrogen) atoms. The van der Waals surface area contributed by atoms with E-state index in [1.165, 1.54) is 17.7 Å². The highest BCUT2D eigenvalue weighted by atomic mass is 32.1. The van der Waals surface area contributed by atoms with Gasteiger partial charge in [0.15, 0.2) is 0 Å². The zero-order chi connectivity index (χ0) is 11.0. The molecule has 1 aromatic heterocycles. The average molecular weight is 212 g/mol. The van der Waals surface area contributed by atoms with Gasteiger partial charge in [0.2, 0.25) is 0 Å². The molecule has 0 N–H and O–H groups in total. The fourth-order valence-electron chi connectivity index (χ4n) is 1.54. The van der Waals surface area contributed by atoms with Crippen LogP contribution >= 0.6 is 11.3 Å². The third-order valence-corrected chi connectivity index (χ3v) is 3.41. The lowest BCUT2D eigenvalue weighted by molar-refractivity contribution is 0.373. The Morgan fingerprint density at radius 1 is 1.29 bits per heavy atom. The second kappa shape index (κ2) is 8.05. The Kier molecular flexibility index (Phi) is 7.87. The van der Waals surface area contributed by atoms with Crippen LogP contribution in [0.2, 0.25) is 0 Å². The van der Waals surface area contributed by atoms with Crippen molar-refractivity contribution in [2.45, 2.75) is 47.5 Å². The van der Waals surface area contributed by atoms with E-state index in [0.29, 0.717) is 0 Å². The molecule has 1 unspecified atom stereocenters. The molecule has 1 aromatic rings. The van der Waals surface area contributed by atoms with Crippen LogP contribution in [0.1, 0.15) is 45.9 Å². The van der Waals surface area contributed by atoms with Crippen molar-refractivity contribution < 1.29 is 0 Å². The molecule has 0 amide bonds. The summed E-state index contributed by atoms with van der Waals surface area (Å²) in [4.78, 5) is 1.54. The summed E-state index contributed by atoms with van der Waals surface area (Å²) in [7, 11) is 0. The molecule has 1 heterocycles. The zero-order valence-corrected chi connectivity index (χ0v) is 11.0. The van der Waals surface area contributed by atoms with E-state index in [2.05, 4.69) is 38.3 Å². The van der Waals surface area contributed by atoms with E-state index >= 15 is 0 Å². The number of thiophene rings is 1. The van der Waals surface area contributed by atoms with E-state index in [-0.39, 0.29) is 0 Å². The summed E-state index contributed by atoms with van der Waals surface area (Å²) in [6.45, 7) is 10.9. The van der Waals surface area contributed by atoms with Crippen LogP contribution in [0.3, 0.4) is 0 Å². The summed E-state index contributed by atoms with van der Waals surface area (Å²) < 4.78 is 0. The second-order valence-electron chi connectivity index (χ2n) is 3.70. The van der Waals surface area contributed by atoms with Gasteiger partial charge < -0.3 is 0 Å². The van der Waals surface area contributed by atoms with Crippen molar-refractivity contribution in [1.29, 1.82) is 0 Å². The van der Waals surface area contributed by atoms with Gasteiger partial charge in [0.25, 0.3) is 0 Å². The van der Waals surface area contributed by atoms with Gasteiger partial charge in [-0.3, -0.25) is 0 Å². The Morgan fingerprint density at radius 3 is 2.29 bits per heavy atom. The summed E-state index contributed by atoms with van der Waals surface area (Å²) in [5.74, 6) is 1.68.